The first-order valence-electron chi connectivity index (χ1n) is 4.08. The van der Waals surface area contributed by atoms with Gasteiger partial charge >= 0.3 is 35.5 Å². The maximum atomic E-state index is 11.6. The summed E-state index contributed by atoms with van der Waals surface area (Å²) < 4.78 is 11.6. The zero-order valence-corrected chi connectivity index (χ0v) is 8.60. The van der Waals surface area contributed by atoms with Crippen LogP contribution in [0.5, 0.6) is 5.75 Å². The normalized spacial score (nSPS) is 13.7. The maximum absolute atomic E-state index is 11.6. The van der Waals surface area contributed by atoms with Gasteiger partial charge in [0.05, 0.1) is 0 Å². The number of aliphatic carboxylic acids is 1. The first kappa shape index (κ1) is 14.7. The van der Waals surface area contributed by atoms with Crippen LogP contribution in [-0.2, 0) is 9.36 Å². The molecule has 78 valence electrons. The molecule has 1 rings (SSSR count). The molecule has 6 heteroatoms. The van der Waals surface area contributed by atoms with Gasteiger partial charge in [0.1, 0.15) is 19.2 Å². The second-order valence-electron chi connectivity index (χ2n) is 2.97. The molecule has 0 aromatic heterocycles. The van der Waals surface area contributed by atoms with Gasteiger partial charge in [0.15, 0.2) is 0 Å². The number of benzene rings is 1. The van der Waals surface area contributed by atoms with E-state index < -0.39 is 19.4 Å². The molecule has 2 atom stereocenters. The third kappa shape index (κ3) is 3.99. The van der Waals surface area contributed by atoms with Gasteiger partial charge in [-0.1, -0.05) is 12.1 Å². The van der Waals surface area contributed by atoms with Gasteiger partial charge in [-0.15, -0.1) is 0 Å². The van der Waals surface area contributed by atoms with Crippen LogP contribution in [0.3, 0.4) is 0 Å². The molecule has 0 aliphatic rings. The number of carbonyl (C=O) groups is 1. The number of phenolic OH excluding ortho intramolecular Hbond substituents is 1. The quantitative estimate of drug-likeness (QED) is 0.590. The van der Waals surface area contributed by atoms with Crippen LogP contribution in [-0.4, -0.2) is 51.4 Å². The summed E-state index contributed by atoms with van der Waals surface area (Å²) in [7, 11) is -2.38. The number of aromatic hydroxyl groups is 1. The summed E-state index contributed by atoms with van der Waals surface area (Å²) in [5.41, 5.74) is -0.901. The molecule has 0 saturated heterocycles. The van der Waals surface area contributed by atoms with E-state index in [2.05, 4.69) is 0 Å². The first-order valence-corrected chi connectivity index (χ1v) is 5.57. The molecule has 0 spiro atoms. The fourth-order valence-corrected chi connectivity index (χ4v) is 2.30. The molecule has 0 saturated carbocycles. The Balaban J connectivity index is 0.00000196. The number of hydrogen-bond acceptors (Lipinski definition) is 3. The van der Waals surface area contributed by atoms with E-state index >= 15 is 0 Å². The van der Waals surface area contributed by atoms with Crippen molar-refractivity contribution in [1.29, 1.82) is 0 Å². The van der Waals surface area contributed by atoms with Crippen LogP contribution < -0.4 is 5.30 Å². The Morgan fingerprint density at radius 3 is 2.53 bits per heavy atom. The molecule has 4 nitrogen and oxygen atoms in total. The molecule has 0 heterocycles. The van der Waals surface area contributed by atoms with E-state index in [1.54, 1.807) is 12.1 Å². The Bertz CT molecular complexity index is 380. The molecule has 0 aliphatic carbocycles. The van der Waals surface area contributed by atoms with Gasteiger partial charge in [-0.05, 0) is 19.1 Å². The van der Waals surface area contributed by atoms with Crippen molar-refractivity contribution in [2.24, 2.45) is 0 Å². The van der Waals surface area contributed by atoms with E-state index in [0.29, 0.717) is 5.30 Å². The second kappa shape index (κ2) is 6.33. The molecule has 1 aromatic rings. The summed E-state index contributed by atoms with van der Waals surface area (Å²) in [5, 5.41) is 18.2. The molecule has 2 unspecified atom stereocenters. The number of rotatable bonds is 3. The fourth-order valence-electron chi connectivity index (χ4n) is 1.02. The monoisotopic (exact) mass is 238 g/mol. The topological polar surface area (TPSA) is 74.6 Å². The van der Waals surface area contributed by atoms with Crippen LogP contribution in [0.15, 0.2) is 24.3 Å². The summed E-state index contributed by atoms with van der Waals surface area (Å²) in [6.07, 6.45) is 0. The summed E-state index contributed by atoms with van der Waals surface area (Å²) >= 11 is 0. The summed E-state index contributed by atoms with van der Waals surface area (Å²) in [6.45, 7) is 1.40. The molecule has 0 amide bonds. The second-order valence-corrected chi connectivity index (χ2v) is 5.15. The minimum absolute atomic E-state index is 0. The van der Waals surface area contributed by atoms with Crippen molar-refractivity contribution in [2.45, 2.75) is 12.6 Å². The number of carboxylic acids is 1. The Morgan fingerprint density at radius 1 is 1.47 bits per heavy atom. The van der Waals surface area contributed by atoms with Gasteiger partial charge in [0, 0.05) is 5.30 Å². The number of hydrogen-bond donors (Lipinski definition) is 2. The summed E-state index contributed by atoms with van der Waals surface area (Å²) in [4.78, 5) is 10.6. The van der Waals surface area contributed by atoms with Crippen LogP contribution in [0.4, 0.5) is 0 Å². The molecule has 1 aromatic carbocycles. The predicted octanol–water partition coefficient (Wildman–Crippen LogP) is 0.402. The van der Waals surface area contributed by atoms with Gasteiger partial charge in [-0.25, -0.2) is 0 Å². The fraction of sp³-hybridized carbons (Fsp3) is 0.222. The van der Waals surface area contributed by atoms with Crippen LogP contribution in [0.2, 0.25) is 0 Å². The Hall–Kier alpha value is -0.280. The Kier molecular flexibility index (Phi) is 6.22. The molecule has 15 heavy (non-hydrogen) atoms. The van der Waals surface area contributed by atoms with Gasteiger partial charge in [0.2, 0.25) is 0 Å². The molecule has 0 aliphatic heterocycles. The van der Waals surface area contributed by atoms with Crippen LogP contribution in [0.25, 0.3) is 0 Å². The summed E-state index contributed by atoms with van der Waals surface area (Å²) in [6, 6.07) is 5.88. The van der Waals surface area contributed by atoms with E-state index in [1.807, 2.05) is 0 Å². The van der Waals surface area contributed by atoms with Gasteiger partial charge in [-0.3, -0.25) is 4.79 Å². The zero-order chi connectivity index (χ0) is 10.7. The first-order chi connectivity index (χ1) is 6.52. The van der Waals surface area contributed by atoms with Crippen molar-refractivity contribution in [1.82, 2.24) is 0 Å². The van der Waals surface area contributed by atoms with Crippen molar-refractivity contribution in [2.75, 3.05) is 0 Å². The molecule has 2 N–H and O–H groups in total. The molecular weight excluding hydrogens is 226 g/mol. The zero-order valence-electron chi connectivity index (χ0n) is 7.60. The van der Waals surface area contributed by atoms with Crippen molar-refractivity contribution < 1.29 is 19.6 Å². The van der Waals surface area contributed by atoms with E-state index in [-0.39, 0.29) is 35.3 Å². The van der Waals surface area contributed by atoms with Crippen molar-refractivity contribution in [3.05, 3.63) is 24.3 Å². The third-order valence-corrected chi connectivity index (χ3v) is 3.81. The third-order valence-electron chi connectivity index (χ3n) is 1.89. The van der Waals surface area contributed by atoms with E-state index in [1.165, 1.54) is 19.1 Å². The predicted molar refractivity (Wildman–Crippen MR) is 61.0 cm³/mol. The molecular formula is C9H12NaO4P. The summed E-state index contributed by atoms with van der Waals surface area (Å²) in [5.74, 6) is -1.09. The molecule has 0 bridgehead atoms. The number of phenols is 1. The van der Waals surface area contributed by atoms with Crippen LogP contribution >= 0.6 is 7.80 Å². The van der Waals surface area contributed by atoms with E-state index in [9.17, 15) is 9.36 Å². The number of carboxylic acid groups (broad SMARTS) is 1. The Labute approximate surface area is 110 Å². The van der Waals surface area contributed by atoms with Crippen molar-refractivity contribution in [3.8, 4) is 5.75 Å². The molecule has 0 fully saturated rings. The van der Waals surface area contributed by atoms with Gasteiger partial charge in [-0.2, -0.15) is 0 Å². The molecule has 0 radical (unpaired) electrons. The standard InChI is InChI=1S/C9H11O4P.Na.H/c1-6(9(11)12)14(13)8-4-2-3-7(10)5-8;;/h2-6,10,14H,1H3,(H,11,12);;. The average Bonchev–Trinajstić information content (AvgIpc) is 2.15. The average molecular weight is 238 g/mol. The van der Waals surface area contributed by atoms with E-state index in [4.69, 9.17) is 10.2 Å². The minimum atomic E-state index is -2.38. The van der Waals surface area contributed by atoms with Crippen molar-refractivity contribution >= 4 is 48.6 Å². The Morgan fingerprint density at radius 2 is 2.07 bits per heavy atom. The van der Waals surface area contributed by atoms with E-state index in [0.717, 1.165) is 0 Å². The van der Waals surface area contributed by atoms with Crippen LogP contribution in [0.1, 0.15) is 6.92 Å². The van der Waals surface area contributed by atoms with Crippen molar-refractivity contribution in [3.63, 3.8) is 0 Å². The van der Waals surface area contributed by atoms with Gasteiger partial charge < -0.3 is 14.8 Å². The SMILES string of the molecule is CC(C(=O)O)[PH](=O)c1cccc(O)c1.[NaH]. The van der Waals surface area contributed by atoms with Crippen LogP contribution in [0, 0.1) is 0 Å². The van der Waals surface area contributed by atoms with Gasteiger partial charge in [0.25, 0.3) is 0 Å².